The number of alkyl halides is 3. The largest absolute Gasteiger partial charge is 0.416 e. The number of hydrogen-bond acceptors (Lipinski definition) is 2. The second kappa shape index (κ2) is 6.36. The van der Waals surface area contributed by atoms with Crippen molar-refractivity contribution in [3.8, 4) is 0 Å². The van der Waals surface area contributed by atoms with Crippen LogP contribution in [0, 0.1) is 0 Å². The van der Waals surface area contributed by atoms with Crippen LogP contribution >= 0.6 is 0 Å². The lowest BCUT2D eigenvalue weighted by Gasteiger charge is -2.41. The van der Waals surface area contributed by atoms with Gasteiger partial charge in [-0.25, -0.2) is 0 Å². The van der Waals surface area contributed by atoms with Gasteiger partial charge in [-0.1, -0.05) is 31.4 Å². The number of aliphatic hydroxyl groups is 1. The third-order valence-corrected chi connectivity index (χ3v) is 4.16. The zero-order chi connectivity index (χ0) is 15.5. The lowest BCUT2D eigenvalue weighted by Crippen LogP contribution is -2.41. The summed E-state index contributed by atoms with van der Waals surface area (Å²) >= 11 is 0. The molecule has 0 heterocycles. The number of ether oxygens (including phenoxy) is 1. The molecule has 1 N–H and O–H groups in total. The Balaban J connectivity index is 2.30. The third kappa shape index (κ3) is 3.58. The first-order valence-corrected chi connectivity index (χ1v) is 7.38. The van der Waals surface area contributed by atoms with Crippen LogP contribution in [0.1, 0.15) is 56.3 Å². The van der Waals surface area contributed by atoms with E-state index in [2.05, 4.69) is 0 Å². The van der Waals surface area contributed by atoms with E-state index in [0.29, 0.717) is 19.4 Å². The molecule has 2 rings (SSSR count). The van der Waals surface area contributed by atoms with Gasteiger partial charge in [0.25, 0.3) is 0 Å². The number of rotatable bonds is 4. The first-order chi connectivity index (χ1) is 9.89. The summed E-state index contributed by atoms with van der Waals surface area (Å²) in [7, 11) is 0. The van der Waals surface area contributed by atoms with E-state index >= 15 is 0 Å². The van der Waals surface area contributed by atoms with Gasteiger partial charge in [0.15, 0.2) is 0 Å². The minimum Gasteiger partial charge on any atom is -0.385 e. The Hall–Kier alpha value is -1.07. The predicted molar refractivity (Wildman–Crippen MR) is 73.8 cm³/mol. The van der Waals surface area contributed by atoms with Gasteiger partial charge in [-0.15, -0.1) is 0 Å². The Morgan fingerprint density at radius 1 is 1.24 bits per heavy atom. The zero-order valence-corrected chi connectivity index (χ0v) is 12.1. The molecular formula is C16H21F3O2. The third-order valence-electron chi connectivity index (χ3n) is 4.16. The van der Waals surface area contributed by atoms with Crippen molar-refractivity contribution in [3.63, 3.8) is 0 Å². The average molecular weight is 302 g/mol. The number of halogens is 3. The molecule has 0 saturated heterocycles. The maximum absolute atomic E-state index is 12.8. The van der Waals surface area contributed by atoms with Gasteiger partial charge in [0.05, 0.1) is 11.2 Å². The molecule has 0 aromatic heterocycles. The maximum atomic E-state index is 12.8. The molecule has 1 aromatic carbocycles. The summed E-state index contributed by atoms with van der Waals surface area (Å²) in [6.07, 6.45) is -1.15. The average Bonchev–Trinajstić information content (AvgIpc) is 2.47. The van der Waals surface area contributed by atoms with Crippen molar-refractivity contribution in [2.75, 3.05) is 6.61 Å². The van der Waals surface area contributed by atoms with Gasteiger partial charge < -0.3 is 9.84 Å². The molecule has 0 amide bonds. The van der Waals surface area contributed by atoms with Gasteiger partial charge in [-0.05, 0) is 37.5 Å². The van der Waals surface area contributed by atoms with E-state index in [1.807, 2.05) is 6.92 Å². The molecule has 118 valence electrons. The highest BCUT2D eigenvalue weighted by molar-refractivity contribution is 5.29. The lowest BCUT2D eigenvalue weighted by atomic mass is 9.78. The van der Waals surface area contributed by atoms with E-state index in [1.165, 1.54) is 12.1 Å². The summed E-state index contributed by atoms with van der Waals surface area (Å²) in [6, 6.07) is 4.92. The van der Waals surface area contributed by atoms with Crippen molar-refractivity contribution in [1.82, 2.24) is 0 Å². The highest BCUT2D eigenvalue weighted by Crippen LogP contribution is 2.42. The molecule has 21 heavy (non-hydrogen) atoms. The minimum absolute atomic E-state index is 0.278. The van der Waals surface area contributed by atoms with E-state index in [9.17, 15) is 18.3 Å². The van der Waals surface area contributed by atoms with E-state index in [-0.39, 0.29) is 5.56 Å². The van der Waals surface area contributed by atoms with Crippen molar-refractivity contribution in [2.24, 2.45) is 0 Å². The highest BCUT2D eigenvalue weighted by atomic mass is 19.4. The van der Waals surface area contributed by atoms with Crippen molar-refractivity contribution in [1.29, 1.82) is 0 Å². The Bertz CT molecular complexity index is 459. The summed E-state index contributed by atoms with van der Waals surface area (Å²) in [5.74, 6) is 0. The number of benzene rings is 1. The lowest BCUT2D eigenvalue weighted by molar-refractivity contribution is -0.144. The normalized spacial score (nSPS) is 20.2. The van der Waals surface area contributed by atoms with Gasteiger partial charge in [0.2, 0.25) is 0 Å². The van der Waals surface area contributed by atoms with Crippen LogP contribution in [0.25, 0.3) is 0 Å². The molecule has 0 bridgehead atoms. The molecule has 2 nitrogen and oxygen atoms in total. The molecule has 1 unspecified atom stereocenters. The van der Waals surface area contributed by atoms with Crippen LogP contribution in [-0.4, -0.2) is 17.3 Å². The topological polar surface area (TPSA) is 29.5 Å². The van der Waals surface area contributed by atoms with Crippen LogP contribution in [0.5, 0.6) is 0 Å². The Morgan fingerprint density at radius 2 is 1.90 bits per heavy atom. The molecular weight excluding hydrogens is 281 g/mol. The van der Waals surface area contributed by atoms with E-state index in [0.717, 1.165) is 31.4 Å². The summed E-state index contributed by atoms with van der Waals surface area (Å²) in [4.78, 5) is 0. The summed E-state index contributed by atoms with van der Waals surface area (Å²) in [5.41, 5.74) is -1.21. The number of hydrogen-bond donors (Lipinski definition) is 1. The second-order valence-electron chi connectivity index (χ2n) is 5.58. The Morgan fingerprint density at radius 3 is 2.48 bits per heavy atom. The SMILES string of the molecule is CCOC1(C(O)c2cccc(C(F)(F)F)c2)CCCCC1. The molecule has 5 heteroatoms. The molecule has 0 aliphatic heterocycles. The minimum atomic E-state index is -4.40. The van der Waals surface area contributed by atoms with Crippen LogP contribution in [0.15, 0.2) is 24.3 Å². The molecule has 1 aliphatic rings. The maximum Gasteiger partial charge on any atom is 0.416 e. The molecule has 1 aromatic rings. The fourth-order valence-electron chi connectivity index (χ4n) is 3.12. The van der Waals surface area contributed by atoms with Crippen LogP contribution in [0.4, 0.5) is 13.2 Å². The summed E-state index contributed by atoms with van der Waals surface area (Å²) in [5, 5.41) is 10.6. The van der Waals surface area contributed by atoms with Crippen LogP contribution in [0.3, 0.4) is 0 Å². The van der Waals surface area contributed by atoms with Gasteiger partial charge >= 0.3 is 6.18 Å². The van der Waals surface area contributed by atoms with Crippen molar-refractivity contribution in [2.45, 2.75) is 56.9 Å². The Kier molecular flexibility index (Phi) is 4.94. The smallest absolute Gasteiger partial charge is 0.385 e. The van der Waals surface area contributed by atoms with Crippen LogP contribution in [-0.2, 0) is 10.9 Å². The van der Waals surface area contributed by atoms with Gasteiger partial charge in [-0.2, -0.15) is 13.2 Å². The summed E-state index contributed by atoms with van der Waals surface area (Å²) < 4.78 is 44.2. The standard InChI is InChI=1S/C16H21F3O2/c1-2-21-15(9-4-3-5-10-15)14(20)12-7-6-8-13(11-12)16(17,18)19/h6-8,11,14,20H,2-5,9-10H2,1H3. The van der Waals surface area contributed by atoms with E-state index < -0.39 is 23.4 Å². The van der Waals surface area contributed by atoms with E-state index in [1.54, 1.807) is 0 Å². The quantitative estimate of drug-likeness (QED) is 0.888. The van der Waals surface area contributed by atoms with E-state index in [4.69, 9.17) is 4.74 Å². The van der Waals surface area contributed by atoms with Crippen molar-refractivity contribution >= 4 is 0 Å². The first-order valence-electron chi connectivity index (χ1n) is 7.38. The van der Waals surface area contributed by atoms with Gasteiger partial charge in [-0.3, -0.25) is 0 Å². The summed E-state index contributed by atoms with van der Waals surface area (Å²) in [6.45, 7) is 2.28. The molecule has 1 aliphatic carbocycles. The van der Waals surface area contributed by atoms with Crippen LogP contribution in [0.2, 0.25) is 0 Å². The Labute approximate surface area is 122 Å². The van der Waals surface area contributed by atoms with Crippen LogP contribution < -0.4 is 0 Å². The molecule has 1 saturated carbocycles. The number of aliphatic hydroxyl groups excluding tert-OH is 1. The molecule has 0 radical (unpaired) electrons. The fourth-order valence-corrected chi connectivity index (χ4v) is 3.12. The molecule has 0 spiro atoms. The monoisotopic (exact) mass is 302 g/mol. The van der Waals surface area contributed by atoms with Gasteiger partial charge in [0, 0.05) is 6.61 Å². The highest BCUT2D eigenvalue weighted by Gasteiger charge is 2.41. The van der Waals surface area contributed by atoms with Crippen molar-refractivity contribution < 1.29 is 23.0 Å². The predicted octanol–water partition coefficient (Wildman–Crippen LogP) is 4.48. The fraction of sp³-hybridized carbons (Fsp3) is 0.625. The van der Waals surface area contributed by atoms with Gasteiger partial charge in [0.1, 0.15) is 6.10 Å². The first kappa shape index (κ1) is 16.3. The zero-order valence-electron chi connectivity index (χ0n) is 12.1. The van der Waals surface area contributed by atoms with Crippen molar-refractivity contribution in [3.05, 3.63) is 35.4 Å². The molecule has 1 atom stereocenters. The second-order valence-corrected chi connectivity index (χ2v) is 5.58. The molecule has 1 fully saturated rings.